The molecule has 2 aromatic rings. The van der Waals surface area contributed by atoms with Crippen molar-refractivity contribution in [2.75, 3.05) is 12.3 Å². The quantitative estimate of drug-likeness (QED) is 0.891. The second kappa shape index (κ2) is 4.61. The Morgan fingerprint density at radius 1 is 1.56 bits per heavy atom. The molecule has 18 heavy (non-hydrogen) atoms. The molecule has 2 heterocycles. The highest BCUT2D eigenvalue weighted by Gasteiger charge is 2.20. The molecular weight excluding hydrogens is 248 g/mol. The Hall–Kier alpha value is -1.56. The summed E-state index contributed by atoms with van der Waals surface area (Å²) in [6, 6.07) is 0. The van der Waals surface area contributed by atoms with Crippen LogP contribution in [0.25, 0.3) is 10.2 Å². The minimum absolute atomic E-state index is 0.0956. The van der Waals surface area contributed by atoms with Gasteiger partial charge in [0.2, 0.25) is 0 Å². The van der Waals surface area contributed by atoms with E-state index in [0.717, 1.165) is 15.9 Å². The Morgan fingerprint density at radius 2 is 2.22 bits per heavy atom. The number of fused-ring (bicyclic) bond motifs is 1. The van der Waals surface area contributed by atoms with E-state index in [2.05, 4.69) is 24.3 Å². The van der Waals surface area contributed by atoms with E-state index >= 15 is 0 Å². The first-order valence-corrected chi connectivity index (χ1v) is 6.73. The van der Waals surface area contributed by atoms with Crippen LogP contribution in [0.3, 0.4) is 0 Å². The third kappa shape index (κ3) is 2.08. The molecule has 0 bridgehead atoms. The smallest absolute Gasteiger partial charge is 0.263 e. The average molecular weight is 266 g/mol. The molecule has 0 aliphatic carbocycles. The Labute approximate surface area is 110 Å². The fourth-order valence-corrected chi connectivity index (χ4v) is 2.98. The monoisotopic (exact) mass is 266 g/mol. The van der Waals surface area contributed by atoms with Crippen molar-refractivity contribution in [3.05, 3.63) is 10.6 Å². The maximum Gasteiger partial charge on any atom is 0.263 e. The van der Waals surface area contributed by atoms with E-state index in [1.165, 1.54) is 11.3 Å². The standard InChI is InChI=1S/C12H18N4OS/c1-6(2)5-14-11(17)10-9(13)8-7(3)15-16(4)12(8)18-10/h6H,5,13H2,1-4H3,(H,14,17). The molecule has 0 fully saturated rings. The number of nitrogens with zero attached hydrogens (tertiary/aromatic N) is 2. The van der Waals surface area contributed by atoms with Crippen molar-refractivity contribution >= 4 is 33.1 Å². The molecule has 0 aliphatic rings. The summed E-state index contributed by atoms with van der Waals surface area (Å²) in [4.78, 5) is 13.6. The van der Waals surface area contributed by atoms with Crippen LogP contribution in [0.2, 0.25) is 0 Å². The predicted octanol–water partition coefficient (Wildman–Crippen LogP) is 1.91. The predicted molar refractivity (Wildman–Crippen MR) is 74.9 cm³/mol. The van der Waals surface area contributed by atoms with Gasteiger partial charge in [-0.2, -0.15) is 5.10 Å². The molecule has 0 unspecified atom stereocenters. The largest absolute Gasteiger partial charge is 0.397 e. The number of carbonyl (C=O) groups excluding carboxylic acids is 1. The summed E-state index contributed by atoms with van der Waals surface area (Å²) in [6.07, 6.45) is 0. The number of hydrogen-bond acceptors (Lipinski definition) is 4. The third-order valence-electron chi connectivity index (χ3n) is 2.76. The molecule has 0 saturated heterocycles. The first-order chi connectivity index (χ1) is 8.41. The zero-order valence-electron chi connectivity index (χ0n) is 11.1. The Balaban J connectivity index is 2.37. The highest BCUT2D eigenvalue weighted by atomic mass is 32.1. The summed E-state index contributed by atoms with van der Waals surface area (Å²) >= 11 is 1.39. The Kier molecular flexibility index (Phi) is 3.30. The lowest BCUT2D eigenvalue weighted by atomic mass is 10.2. The van der Waals surface area contributed by atoms with Gasteiger partial charge in [0.1, 0.15) is 9.71 Å². The van der Waals surface area contributed by atoms with E-state index in [4.69, 9.17) is 5.73 Å². The molecular formula is C12H18N4OS. The fourth-order valence-electron chi connectivity index (χ4n) is 1.88. The van der Waals surface area contributed by atoms with E-state index in [1.807, 2.05) is 14.0 Å². The molecule has 0 radical (unpaired) electrons. The SMILES string of the molecule is Cc1nn(C)c2sc(C(=O)NCC(C)C)c(N)c12. The van der Waals surface area contributed by atoms with Crippen LogP contribution in [-0.2, 0) is 7.05 Å². The first kappa shape index (κ1) is 12.9. The van der Waals surface area contributed by atoms with Gasteiger partial charge in [-0.25, -0.2) is 0 Å². The molecule has 5 nitrogen and oxygen atoms in total. The molecule has 2 aromatic heterocycles. The molecule has 1 amide bonds. The van der Waals surface area contributed by atoms with Crippen LogP contribution in [0.5, 0.6) is 0 Å². The van der Waals surface area contributed by atoms with Crippen LogP contribution in [0, 0.1) is 12.8 Å². The first-order valence-electron chi connectivity index (χ1n) is 5.91. The summed E-state index contributed by atoms with van der Waals surface area (Å²) in [7, 11) is 1.86. The molecule has 0 aromatic carbocycles. The van der Waals surface area contributed by atoms with E-state index in [0.29, 0.717) is 23.0 Å². The molecule has 0 saturated carbocycles. The summed E-state index contributed by atoms with van der Waals surface area (Å²) in [5.74, 6) is 0.328. The summed E-state index contributed by atoms with van der Waals surface area (Å²) < 4.78 is 1.77. The van der Waals surface area contributed by atoms with Crippen molar-refractivity contribution in [3.8, 4) is 0 Å². The number of hydrogen-bond donors (Lipinski definition) is 2. The number of rotatable bonds is 3. The second-order valence-corrected chi connectivity index (χ2v) is 5.84. The number of carbonyl (C=O) groups is 1. The number of nitrogens with two attached hydrogens (primary N) is 1. The summed E-state index contributed by atoms with van der Waals surface area (Å²) in [5.41, 5.74) is 7.47. The van der Waals surface area contributed by atoms with Crippen LogP contribution in [0.1, 0.15) is 29.2 Å². The fraction of sp³-hybridized carbons (Fsp3) is 0.500. The molecule has 98 valence electrons. The van der Waals surface area contributed by atoms with Gasteiger partial charge >= 0.3 is 0 Å². The van der Waals surface area contributed by atoms with Gasteiger partial charge in [-0.15, -0.1) is 11.3 Å². The molecule has 0 atom stereocenters. The number of thiophene rings is 1. The highest BCUT2D eigenvalue weighted by Crippen LogP contribution is 2.35. The van der Waals surface area contributed by atoms with Crippen LogP contribution < -0.4 is 11.1 Å². The number of nitrogen functional groups attached to an aromatic ring is 1. The van der Waals surface area contributed by atoms with Gasteiger partial charge in [0.15, 0.2) is 0 Å². The molecule has 3 N–H and O–H groups in total. The highest BCUT2D eigenvalue weighted by molar-refractivity contribution is 7.21. The zero-order chi connectivity index (χ0) is 13.4. The second-order valence-electron chi connectivity index (χ2n) is 4.84. The van der Waals surface area contributed by atoms with Crippen LogP contribution in [0.15, 0.2) is 0 Å². The van der Waals surface area contributed by atoms with Gasteiger partial charge in [0.25, 0.3) is 5.91 Å². The lowest BCUT2D eigenvalue weighted by Crippen LogP contribution is -2.27. The number of amides is 1. The van der Waals surface area contributed by atoms with E-state index < -0.39 is 0 Å². The Morgan fingerprint density at radius 3 is 2.78 bits per heavy atom. The topological polar surface area (TPSA) is 72.9 Å². The van der Waals surface area contributed by atoms with Gasteiger partial charge in [-0.1, -0.05) is 13.8 Å². The molecule has 6 heteroatoms. The number of nitrogens with one attached hydrogen (secondary N) is 1. The normalized spacial score (nSPS) is 11.4. The third-order valence-corrected chi connectivity index (χ3v) is 4.03. The van der Waals surface area contributed by atoms with E-state index in [-0.39, 0.29) is 5.91 Å². The maximum absolute atomic E-state index is 12.0. The number of aryl methyl sites for hydroxylation is 2. The van der Waals surface area contributed by atoms with Crippen molar-refractivity contribution in [1.29, 1.82) is 0 Å². The van der Waals surface area contributed by atoms with Gasteiger partial charge in [-0.05, 0) is 12.8 Å². The van der Waals surface area contributed by atoms with Crippen molar-refractivity contribution in [2.24, 2.45) is 13.0 Å². The number of anilines is 1. The summed E-state index contributed by atoms with van der Waals surface area (Å²) in [6.45, 7) is 6.68. The molecule has 2 rings (SSSR count). The van der Waals surface area contributed by atoms with E-state index in [9.17, 15) is 4.79 Å². The van der Waals surface area contributed by atoms with E-state index in [1.54, 1.807) is 4.68 Å². The molecule has 0 aliphatic heterocycles. The van der Waals surface area contributed by atoms with Gasteiger partial charge in [-0.3, -0.25) is 9.48 Å². The van der Waals surface area contributed by atoms with Gasteiger partial charge in [0, 0.05) is 13.6 Å². The van der Waals surface area contributed by atoms with Gasteiger partial charge < -0.3 is 11.1 Å². The van der Waals surface area contributed by atoms with Crippen molar-refractivity contribution in [2.45, 2.75) is 20.8 Å². The summed E-state index contributed by atoms with van der Waals surface area (Å²) in [5, 5.41) is 8.09. The maximum atomic E-state index is 12.0. The van der Waals surface area contributed by atoms with Crippen molar-refractivity contribution in [1.82, 2.24) is 15.1 Å². The zero-order valence-corrected chi connectivity index (χ0v) is 11.9. The number of aromatic nitrogens is 2. The Bertz CT molecular complexity index is 597. The molecule has 0 spiro atoms. The average Bonchev–Trinajstić information content (AvgIpc) is 2.76. The van der Waals surface area contributed by atoms with Crippen LogP contribution in [0.4, 0.5) is 5.69 Å². The van der Waals surface area contributed by atoms with Gasteiger partial charge in [0.05, 0.1) is 16.8 Å². The lowest BCUT2D eigenvalue weighted by Gasteiger charge is -2.06. The van der Waals surface area contributed by atoms with Crippen molar-refractivity contribution < 1.29 is 4.79 Å². The van der Waals surface area contributed by atoms with Crippen LogP contribution in [-0.4, -0.2) is 22.2 Å². The van der Waals surface area contributed by atoms with Crippen molar-refractivity contribution in [3.63, 3.8) is 0 Å². The minimum atomic E-state index is -0.0956. The lowest BCUT2D eigenvalue weighted by molar-refractivity contribution is 0.0954. The minimum Gasteiger partial charge on any atom is -0.397 e. The van der Waals surface area contributed by atoms with Crippen LogP contribution >= 0.6 is 11.3 Å².